The average molecular weight is 518 g/mol. The van der Waals surface area contributed by atoms with Gasteiger partial charge in [-0.1, -0.05) is 18.2 Å². The highest BCUT2D eigenvalue weighted by molar-refractivity contribution is 8.00. The van der Waals surface area contributed by atoms with Gasteiger partial charge in [-0.15, -0.1) is 0 Å². The Kier molecular flexibility index (Phi) is 7.22. The Morgan fingerprint density at radius 1 is 1.23 bits per heavy atom. The van der Waals surface area contributed by atoms with Gasteiger partial charge in [-0.05, 0) is 44.2 Å². The number of pyridine rings is 1. The predicted octanol–water partition coefficient (Wildman–Crippen LogP) is 3.21. The minimum atomic E-state index is -4.00. The van der Waals surface area contributed by atoms with Gasteiger partial charge in [0.25, 0.3) is 5.91 Å². The lowest BCUT2D eigenvalue weighted by molar-refractivity contribution is -0.134. The summed E-state index contributed by atoms with van der Waals surface area (Å²) in [4.78, 5) is 16.8. The first-order valence-electron chi connectivity index (χ1n) is 10.9. The number of nitrogens with zero attached hydrogens (tertiary/aromatic N) is 2. The van der Waals surface area contributed by atoms with Gasteiger partial charge in [-0.3, -0.25) is 15.0 Å². The van der Waals surface area contributed by atoms with E-state index in [-0.39, 0.29) is 18.0 Å². The van der Waals surface area contributed by atoms with Crippen LogP contribution in [0.2, 0.25) is 0 Å². The van der Waals surface area contributed by atoms with Gasteiger partial charge in [0.15, 0.2) is 0 Å². The number of methoxy groups -OCH3 is 1. The average Bonchev–Trinajstić information content (AvgIpc) is 2.86. The molecule has 0 saturated carbocycles. The van der Waals surface area contributed by atoms with Crippen LogP contribution in [0.5, 0.6) is 11.5 Å². The van der Waals surface area contributed by atoms with Gasteiger partial charge in [0.2, 0.25) is 10.0 Å². The van der Waals surface area contributed by atoms with Crippen molar-refractivity contribution in [3.8, 4) is 11.5 Å². The van der Waals surface area contributed by atoms with E-state index in [0.29, 0.717) is 17.3 Å². The van der Waals surface area contributed by atoms with E-state index in [0.717, 1.165) is 20.8 Å². The van der Waals surface area contributed by atoms with E-state index in [1.54, 1.807) is 44.8 Å². The Hall–Kier alpha value is -2.86. The summed E-state index contributed by atoms with van der Waals surface area (Å²) in [5.74, 6) is 0.849. The normalized spacial score (nSPS) is 18.2. The van der Waals surface area contributed by atoms with E-state index in [2.05, 4.69) is 4.98 Å². The zero-order valence-corrected chi connectivity index (χ0v) is 21.2. The van der Waals surface area contributed by atoms with Crippen molar-refractivity contribution in [2.75, 3.05) is 19.4 Å². The van der Waals surface area contributed by atoms with Gasteiger partial charge < -0.3 is 9.47 Å². The molecule has 1 saturated heterocycles. The fourth-order valence-electron chi connectivity index (χ4n) is 4.22. The number of ether oxygens (including phenoxy) is 2. The molecule has 9 nitrogen and oxygen atoms in total. The van der Waals surface area contributed by atoms with Gasteiger partial charge in [-0.2, -0.15) is 16.1 Å². The molecule has 0 radical (unpaired) electrons. The highest BCUT2D eigenvalue weighted by atomic mass is 32.2. The summed E-state index contributed by atoms with van der Waals surface area (Å²) in [7, 11) is -2.43. The molecule has 0 spiro atoms. The smallest absolute Gasteiger partial charge is 0.263 e. The number of carbonyl (C=O) groups is 1. The Morgan fingerprint density at radius 3 is 2.63 bits per heavy atom. The molecular formula is C24H27N3O6S2. The lowest BCUT2D eigenvalue weighted by atomic mass is 10.0. The first-order chi connectivity index (χ1) is 16.7. The summed E-state index contributed by atoms with van der Waals surface area (Å²) in [6, 6.07) is 12.7. The first kappa shape index (κ1) is 25.2. The largest absolute Gasteiger partial charge is 0.495 e. The zero-order chi connectivity index (χ0) is 25.2. The second kappa shape index (κ2) is 10.0. The predicted molar refractivity (Wildman–Crippen MR) is 133 cm³/mol. The van der Waals surface area contributed by atoms with Crippen molar-refractivity contribution >= 4 is 38.6 Å². The number of rotatable bonds is 7. The van der Waals surface area contributed by atoms with Gasteiger partial charge in [0, 0.05) is 28.0 Å². The first-order valence-corrected chi connectivity index (χ1v) is 13.3. The summed E-state index contributed by atoms with van der Waals surface area (Å²) in [6.45, 7) is 3.93. The topological polar surface area (TPSA) is 118 Å². The number of carbonyl (C=O) groups excluding carboxylic acids is 1. The Bertz CT molecular complexity index is 1330. The second-order valence-electron chi connectivity index (χ2n) is 8.53. The van der Waals surface area contributed by atoms with Crippen LogP contribution in [-0.2, 0) is 21.4 Å². The van der Waals surface area contributed by atoms with Crippen molar-refractivity contribution in [1.29, 1.82) is 0 Å². The molecule has 2 heterocycles. The number of thioether (sulfide) groups is 1. The van der Waals surface area contributed by atoms with Crippen molar-refractivity contribution in [2.45, 2.75) is 36.1 Å². The molecule has 1 aliphatic heterocycles. The molecule has 1 atom stereocenters. The van der Waals surface area contributed by atoms with Crippen molar-refractivity contribution < 1.29 is 27.9 Å². The molecule has 35 heavy (non-hydrogen) atoms. The molecule has 1 fully saturated rings. The molecule has 2 N–H and O–H groups in total. The van der Waals surface area contributed by atoms with Gasteiger partial charge >= 0.3 is 0 Å². The highest BCUT2D eigenvalue weighted by Crippen LogP contribution is 2.38. The highest BCUT2D eigenvalue weighted by Gasteiger charge is 2.48. The van der Waals surface area contributed by atoms with Gasteiger partial charge in [0.05, 0.1) is 23.7 Å². The van der Waals surface area contributed by atoms with Crippen molar-refractivity contribution in [1.82, 2.24) is 14.8 Å². The van der Waals surface area contributed by atoms with E-state index in [1.807, 2.05) is 24.3 Å². The minimum Gasteiger partial charge on any atom is -0.495 e. The summed E-state index contributed by atoms with van der Waals surface area (Å²) < 4.78 is 38.7. The molecule has 3 aromatic rings. The van der Waals surface area contributed by atoms with Crippen LogP contribution < -0.4 is 15.0 Å². The second-order valence-corrected chi connectivity index (χ2v) is 12.2. The van der Waals surface area contributed by atoms with E-state index in [1.165, 1.54) is 23.9 Å². The number of para-hydroxylation sites is 1. The lowest BCUT2D eigenvalue weighted by Crippen LogP contribution is -2.61. The molecule has 186 valence electrons. The SMILES string of the molecule is COc1cnc2ccccc2c1COc1ccc(S(=O)(=O)N2CCSC(C)(C)[C@@H]2C(=O)NO)cc1. The van der Waals surface area contributed by atoms with E-state index in [9.17, 15) is 18.4 Å². The molecular weight excluding hydrogens is 490 g/mol. The van der Waals surface area contributed by atoms with E-state index < -0.39 is 26.7 Å². The third kappa shape index (κ3) is 4.94. The van der Waals surface area contributed by atoms with E-state index in [4.69, 9.17) is 9.47 Å². The number of hydrogen-bond donors (Lipinski definition) is 2. The molecule has 1 amide bonds. The third-order valence-electron chi connectivity index (χ3n) is 5.97. The van der Waals surface area contributed by atoms with Crippen molar-refractivity contribution in [2.24, 2.45) is 0 Å². The minimum absolute atomic E-state index is 0.0373. The number of benzene rings is 2. The Balaban J connectivity index is 1.56. The molecule has 0 aliphatic carbocycles. The fraction of sp³-hybridized carbons (Fsp3) is 0.333. The van der Waals surface area contributed by atoms with Crippen LogP contribution in [0.4, 0.5) is 0 Å². The maximum atomic E-state index is 13.4. The summed E-state index contributed by atoms with van der Waals surface area (Å²) in [6.07, 6.45) is 1.65. The standard InChI is InChI=1S/C24H27N3O6S2/c1-24(2)22(23(28)26-29)27(12-13-34-24)35(30,31)17-10-8-16(9-11-17)33-15-19-18-6-4-5-7-20(18)25-14-21(19)32-3/h4-11,14,22,29H,12-13,15H2,1-3H3,(H,26,28)/t22-/m0/s1. The van der Waals surface area contributed by atoms with Crippen LogP contribution in [0.1, 0.15) is 19.4 Å². The van der Waals surface area contributed by atoms with E-state index >= 15 is 0 Å². The molecule has 0 unspecified atom stereocenters. The molecule has 11 heteroatoms. The van der Waals surface area contributed by atoms with Crippen molar-refractivity contribution in [3.05, 3.63) is 60.3 Å². The number of hydroxylamine groups is 1. The molecule has 0 bridgehead atoms. The van der Waals surface area contributed by atoms with Crippen LogP contribution >= 0.6 is 11.8 Å². The van der Waals surface area contributed by atoms with Crippen LogP contribution in [0.3, 0.4) is 0 Å². The molecule has 1 aliphatic rings. The van der Waals surface area contributed by atoms with Gasteiger partial charge in [0.1, 0.15) is 24.1 Å². The number of aromatic nitrogens is 1. The fourth-order valence-corrected chi connectivity index (χ4v) is 7.33. The number of fused-ring (bicyclic) bond motifs is 1. The van der Waals surface area contributed by atoms with Crippen LogP contribution in [0, 0.1) is 0 Å². The monoisotopic (exact) mass is 517 g/mol. The number of nitrogens with one attached hydrogen (secondary N) is 1. The molecule has 1 aromatic heterocycles. The number of amides is 1. The quantitative estimate of drug-likeness (QED) is 0.362. The summed E-state index contributed by atoms with van der Waals surface area (Å²) in [5.41, 5.74) is 3.27. The van der Waals surface area contributed by atoms with Crippen LogP contribution in [-0.4, -0.2) is 59.0 Å². The summed E-state index contributed by atoms with van der Waals surface area (Å²) >= 11 is 1.49. The third-order valence-corrected chi connectivity index (χ3v) is 9.20. The number of hydrogen-bond acceptors (Lipinski definition) is 8. The number of sulfonamides is 1. The van der Waals surface area contributed by atoms with Crippen LogP contribution in [0.25, 0.3) is 10.9 Å². The molecule has 2 aromatic carbocycles. The lowest BCUT2D eigenvalue weighted by Gasteiger charge is -2.43. The van der Waals surface area contributed by atoms with Crippen molar-refractivity contribution in [3.63, 3.8) is 0 Å². The maximum absolute atomic E-state index is 13.4. The molecule has 4 rings (SSSR count). The maximum Gasteiger partial charge on any atom is 0.263 e. The van der Waals surface area contributed by atoms with Gasteiger partial charge in [-0.25, -0.2) is 13.9 Å². The van der Waals surface area contributed by atoms with Crippen LogP contribution in [0.15, 0.2) is 59.6 Å². The Labute approximate surface area is 208 Å². The zero-order valence-electron chi connectivity index (χ0n) is 19.6. The Morgan fingerprint density at radius 2 is 1.94 bits per heavy atom. The summed E-state index contributed by atoms with van der Waals surface area (Å²) in [5, 5.41) is 10.1.